The van der Waals surface area contributed by atoms with Crippen LogP contribution in [-0.2, 0) is 19.9 Å². The number of ether oxygens (including phenoxy) is 1. The maximum Gasteiger partial charge on any atom is 0.313 e. The molecule has 0 aliphatic carbocycles. The zero-order valence-corrected chi connectivity index (χ0v) is 13.8. The van der Waals surface area contributed by atoms with Crippen molar-refractivity contribution in [3.8, 4) is 0 Å². The first-order valence-electron chi connectivity index (χ1n) is 7.50. The Balaban J connectivity index is 2.00. The predicted molar refractivity (Wildman–Crippen MR) is 88.8 cm³/mol. The first-order valence-corrected chi connectivity index (χ1v) is 7.50. The minimum atomic E-state index is -1.14. The van der Waals surface area contributed by atoms with Crippen molar-refractivity contribution in [3.05, 3.63) is 65.7 Å². The molecule has 2 aromatic rings. The molecule has 0 fully saturated rings. The SMILES string of the molecule is COC(C)(CNC(=O)C(=O)Nc1ccc(F)cc1)c1ccccc1F. The van der Waals surface area contributed by atoms with Crippen LogP contribution in [0.25, 0.3) is 0 Å². The van der Waals surface area contributed by atoms with Crippen molar-refractivity contribution in [2.75, 3.05) is 19.0 Å². The maximum absolute atomic E-state index is 14.0. The lowest BCUT2D eigenvalue weighted by Crippen LogP contribution is -2.44. The molecule has 2 rings (SSSR count). The van der Waals surface area contributed by atoms with Crippen LogP contribution >= 0.6 is 0 Å². The van der Waals surface area contributed by atoms with Gasteiger partial charge in [0.15, 0.2) is 0 Å². The van der Waals surface area contributed by atoms with Crippen molar-refractivity contribution in [1.82, 2.24) is 5.32 Å². The number of hydrogen-bond acceptors (Lipinski definition) is 3. The van der Waals surface area contributed by atoms with Gasteiger partial charge in [0.05, 0.1) is 6.54 Å². The summed E-state index contributed by atoms with van der Waals surface area (Å²) in [6.07, 6.45) is 0. The van der Waals surface area contributed by atoms with E-state index in [1.165, 1.54) is 25.3 Å². The van der Waals surface area contributed by atoms with Gasteiger partial charge in [0, 0.05) is 18.4 Å². The second-order valence-electron chi connectivity index (χ2n) is 5.56. The van der Waals surface area contributed by atoms with Crippen LogP contribution in [0.1, 0.15) is 12.5 Å². The number of carbonyl (C=O) groups excluding carboxylic acids is 2. The summed E-state index contributed by atoms with van der Waals surface area (Å²) in [5.74, 6) is -2.76. The van der Waals surface area contributed by atoms with Gasteiger partial charge in [-0.05, 0) is 37.3 Å². The first kappa shape index (κ1) is 18.5. The lowest BCUT2D eigenvalue weighted by Gasteiger charge is -2.29. The number of benzene rings is 2. The van der Waals surface area contributed by atoms with Gasteiger partial charge in [-0.25, -0.2) is 8.78 Å². The van der Waals surface area contributed by atoms with Crippen molar-refractivity contribution in [2.45, 2.75) is 12.5 Å². The highest BCUT2D eigenvalue weighted by atomic mass is 19.1. The van der Waals surface area contributed by atoms with E-state index >= 15 is 0 Å². The monoisotopic (exact) mass is 348 g/mol. The summed E-state index contributed by atoms with van der Waals surface area (Å²) in [4.78, 5) is 23.8. The molecular formula is C18H18F2N2O3. The van der Waals surface area contributed by atoms with Crippen LogP contribution in [0.15, 0.2) is 48.5 Å². The average molecular weight is 348 g/mol. The summed E-state index contributed by atoms with van der Waals surface area (Å²) in [6.45, 7) is 1.49. The van der Waals surface area contributed by atoms with Gasteiger partial charge in [-0.3, -0.25) is 9.59 Å². The largest absolute Gasteiger partial charge is 0.372 e. The smallest absolute Gasteiger partial charge is 0.313 e. The van der Waals surface area contributed by atoms with E-state index in [0.717, 1.165) is 12.1 Å². The molecule has 1 atom stereocenters. The molecule has 2 amide bonds. The van der Waals surface area contributed by atoms with E-state index < -0.39 is 29.0 Å². The zero-order chi connectivity index (χ0) is 18.4. The van der Waals surface area contributed by atoms with E-state index in [4.69, 9.17) is 4.74 Å². The Kier molecular flexibility index (Phi) is 5.82. The highest BCUT2D eigenvalue weighted by molar-refractivity contribution is 6.39. The standard InChI is InChI=1S/C18H18F2N2O3/c1-18(25-2,14-5-3-4-6-15(14)20)11-21-16(23)17(24)22-13-9-7-12(19)8-10-13/h3-10H,11H2,1-2H3,(H,21,23)(H,22,24). The zero-order valence-electron chi connectivity index (χ0n) is 13.8. The topological polar surface area (TPSA) is 67.4 Å². The van der Waals surface area contributed by atoms with Gasteiger partial charge in [0.2, 0.25) is 0 Å². The highest BCUT2D eigenvalue weighted by Crippen LogP contribution is 2.26. The Morgan fingerprint density at radius 1 is 1.04 bits per heavy atom. The van der Waals surface area contributed by atoms with Crippen LogP contribution in [0.3, 0.4) is 0 Å². The molecular weight excluding hydrogens is 330 g/mol. The third-order valence-electron chi connectivity index (χ3n) is 3.79. The molecule has 2 aromatic carbocycles. The Hall–Kier alpha value is -2.80. The van der Waals surface area contributed by atoms with Gasteiger partial charge < -0.3 is 15.4 Å². The Morgan fingerprint density at radius 2 is 1.68 bits per heavy atom. The molecule has 0 radical (unpaired) electrons. The summed E-state index contributed by atoms with van der Waals surface area (Å²) in [5, 5.41) is 4.76. The Morgan fingerprint density at radius 3 is 2.28 bits per heavy atom. The second-order valence-corrected chi connectivity index (χ2v) is 5.56. The van der Waals surface area contributed by atoms with E-state index in [1.54, 1.807) is 25.1 Å². The number of halogens is 2. The molecule has 25 heavy (non-hydrogen) atoms. The lowest BCUT2D eigenvalue weighted by molar-refractivity contribution is -0.137. The molecule has 0 saturated carbocycles. The van der Waals surface area contributed by atoms with Crippen molar-refractivity contribution in [1.29, 1.82) is 0 Å². The van der Waals surface area contributed by atoms with Gasteiger partial charge in [-0.1, -0.05) is 18.2 Å². The fraction of sp³-hybridized carbons (Fsp3) is 0.222. The van der Waals surface area contributed by atoms with Gasteiger partial charge in [0.25, 0.3) is 0 Å². The number of carbonyl (C=O) groups is 2. The van der Waals surface area contributed by atoms with Crippen molar-refractivity contribution in [2.24, 2.45) is 0 Å². The Bertz CT molecular complexity index is 765. The van der Waals surface area contributed by atoms with Crippen molar-refractivity contribution >= 4 is 17.5 Å². The molecule has 0 bridgehead atoms. The number of amides is 2. The van der Waals surface area contributed by atoms with Crippen LogP contribution in [-0.4, -0.2) is 25.5 Å². The van der Waals surface area contributed by atoms with E-state index in [-0.39, 0.29) is 17.8 Å². The van der Waals surface area contributed by atoms with E-state index in [9.17, 15) is 18.4 Å². The summed E-state index contributed by atoms with van der Waals surface area (Å²) < 4.78 is 32.1. The number of nitrogens with one attached hydrogen (secondary N) is 2. The number of anilines is 1. The molecule has 0 aliphatic rings. The third-order valence-corrected chi connectivity index (χ3v) is 3.79. The summed E-state index contributed by atoms with van der Waals surface area (Å²) in [7, 11) is 1.39. The van der Waals surface area contributed by atoms with Gasteiger partial charge >= 0.3 is 11.8 Å². The lowest BCUT2D eigenvalue weighted by atomic mass is 9.95. The molecule has 0 aromatic heterocycles. The molecule has 1 unspecified atom stereocenters. The molecule has 0 spiro atoms. The molecule has 0 heterocycles. The quantitative estimate of drug-likeness (QED) is 0.816. The number of methoxy groups -OCH3 is 1. The van der Waals surface area contributed by atoms with Crippen LogP contribution < -0.4 is 10.6 Å². The molecule has 7 heteroatoms. The van der Waals surface area contributed by atoms with E-state index in [2.05, 4.69) is 10.6 Å². The minimum absolute atomic E-state index is 0.111. The fourth-order valence-corrected chi connectivity index (χ4v) is 2.22. The maximum atomic E-state index is 14.0. The summed E-state index contributed by atoms with van der Waals surface area (Å²) >= 11 is 0. The number of hydrogen-bond donors (Lipinski definition) is 2. The molecule has 5 nitrogen and oxygen atoms in total. The van der Waals surface area contributed by atoms with Gasteiger partial charge in [-0.2, -0.15) is 0 Å². The fourth-order valence-electron chi connectivity index (χ4n) is 2.22. The van der Waals surface area contributed by atoms with E-state index in [0.29, 0.717) is 0 Å². The highest BCUT2D eigenvalue weighted by Gasteiger charge is 2.30. The summed E-state index contributed by atoms with van der Waals surface area (Å²) in [5.41, 5.74) is -0.598. The van der Waals surface area contributed by atoms with Crippen LogP contribution in [0.2, 0.25) is 0 Å². The third kappa shape index (κ3) is 4.60. The number of rotatable bonds is 5. The molecule has 0 aliphatic heterocycles. The van der Waals surface area contributed by atoms with Crippen LogP contribution in [0, 0.1) is 11.6 Å². The van der Waals surface area contributed by atoms with Crippen LogP contribution in [0.4, 0.5) is 14.5 Å². The first-order chi connectivity index (χ1) is 11.9. The van der Waals surface area contributed by atoms with Crippen LogP contribution in [0.5, 0.6) is 0 Å². The Labute approximate surface area is 144 Å². The van der Waals surface area contributed by atoms with Gasteiger partial charge in [-0.15, -0.1) is 0 Å². The average Bonchev–Trinajstić information content (AvgIpc) is 2.61. The molecule has 2 N–H and O–H groups in total. The summed E-state index contributed by atoms with van der Waals surface area (Å²) in [6, 6.07) is 11.0. The molecule has 132 valence electrons. The van der Waals surface area contributed by atoms with Crippen molar-refractivity contribution < 1.29 is 23.1 Å². The predicted octanol–water partition coefficient (Wildman–Crippen LogP) is 2.58. The van der Waals surface area contributed by atoms with E-state index in [1.807, 2.05) is 0 Å². The van der Waals surface area contributed by atoms with Crippen molar-refractivity contribution in [3.63, 3.8) is 0 Å². The minimum Gasteiger partial charge on any atom is -0.372 e. The second kappa shape index (κ2) is 7.85. The van der Waals surface area contributed by atoms with Gasteiger partial charge in [0.1, 0.15) is 17.2 Å². The molecule has 0 saturated heterocycles. The normalized spacial score (nSPS) is 13.0.